The minimum atomic E-state index is -0.525. The van der Waals surface area contributed by atoms with Crippen molar-refractivity contribution in [2.45, 2.75) is 6.42 Å². The van der Waals surface area contributed by atoms with Gasteiger partial charge in [0.15, 0.2) is 0 Å². The number of rotatable bonds is 6. The van der Waals surface area contributed by atoms with Crippen molar-refractivity contribution < 1.29 is 19.2 Å². The van der Waals surface area contributed by atoms with Gasteiger partial charge < -0.3 is 15.0 Å². The van der Waals surface area contributed by atoms with Crippen LogP contribution in [-0.4, -0.2) is 23.3 Å². The molecule has 2 amide bonds. The molecule has 162 valence electrons. The molecule has 3 aromatic carbocycles. The summed E-state index contributed by atoms with van der Waals surface area (Å²) in [6, 6.07) is 19.6. The summed E-state index contributed by atoms with van der Waals surface area (Å²) in [5.41, 5.74) is 1.05. The first-order valence-corrected chi connectivity index (χ1v) is 10.2. The van der Waals surface area contributed by atoms with Crippen LogP contribution in [0.2, 0.25) is 5.02 Å². The Balaban J connectivity index is 1.36. The van der Waals surface area contributed by atoms with Gasteiger partial charge in [0.25, 0.3) is 5.69 Å². The number of nitrogens with one attached hydrogen (secondary N) is 1. The lowest BCUT2D eigenvalue weighted by Crippen LogP contribution is -2.28. The van der Waals surface area contributed by atoms with Gasteiger partial charge in [-0.15, -0.1) is 0 Å². The van der Waals surface area contributed by atoms with Gasteiger partial charge in [-0.2, -0.15) is 0 Å². The van der Waals surface area contributed by atoms with Gasteiger partial charge in [-0.05, 0) is 60.7 Å². The number of carbonyl (C=O) groups excluding carboxylic acids is 2. The summed E-state index contributed by atoms with van der Waals surface area (Å²) in [6.45, 7) is 0.209. The van der Waals surface area contributed by atoms with E-state index in [2.05, 4.69) is 5.32 Å². The molecule has 0 aromatic heterocycles. The van der Waals surface area contributed by atoms with Crippen molar-refractivity contribution in [2.75, 3.05) is 16.8 Å². The highest BCUT2D eigenvalue weighted by Gasteiger charge is 2.35. The second-order valence-electron chi connectivity index (χ2n) is 7.25. The summed E-state index contributed by atoms with van der Waals surface area (Å²) in [6.07, 6.45) is 0.0700. The van der Waals surface area contributed by atoms with Gasteiger partial charge in [0.1, 0.15) is 11.5 Å². The lowest BCUT2D eigenvalue weighted by atomic mass is 10.1. The SMILES string of the molecule is O=C(Nc1ccc(Oc2ccc(Cl)cc2)cc1)[C@H]1CC(=O)N(c2ccc([N+](=O)[O-])cc2)C1. The summed E-state index contributed by atoms with van der Waals surface area (Å²) in [5.74, 6) is 0.246. The molecule has 1 heterocycles. The Kier molecular flexibility index (Phi) is 6.04. The number of ether oxygens (including phenoxy) is 1. The number of non-ortho nitro benzene ring substituents is 1. The van der Waals surface area contributed by atoms with Crippen LogP contribution in [0, 0.1) is 16.0 Å². The summed E-state index contributed by atoms with van der Waals surface area (Å²) >= 11 is 5.86. The zero-order valence-electron chi connectivity index (χ0n) is 16.7. The average Bonchev–Trinajstić information content (AvgIpc) is 3.18. The zero-order chi connectivity index (χ0) is 22.7. The van der Waals surface area contributed by atoms with E-state index in [1.807, 2.05) is 0 Å². The van der Waals surface area contributed by atoms with Crippen LogP contribution in [-0.2, 0) is 9.59 Å². The van der Waals surface area contributed by atoms with Gasteiger partial charge in [-0.1, -0.05) is 11.6 Å². The first-order chi connectivity index (χ1) is 15.4. The molecule has 1 N–H and O–H groups in total. The molecule has 0 radical (unpaired) electrons. The Morgan fingerprint density at radius 2 is 1.59 bits per heavy atom. The minimum absolute atomic E-state index is 0.0572. The second-order valence-corrected chi connectivity index (χ2v) is 7.68. The quantitative estimate of drug-likeness (QED) is 0.418. The van der Waals surface area contributed by atoms with Crippen LogP contribution in [0.1, 0.15) is 6.42 Å². The first kappa shape index (κ1) is 21.3. The monoisotopic (exact) mass is 451 g/mol. The molecule has 3 aromatic rings. The molecular weight excluding hydrogens is 434 g/mol. The van der Waals surface area contributed by atoms with Gasteiger partial charge in [0.2, 0.25) is 11.8 Å². The lowest BCUT2D eigenvalue weighted by Gasteiger charge is -2.16. The third-order valence-corrected chi connectivity index (χ3v) is 5.29. The number of nitrogens with zero attached hydrogens (tertiary/aromatic N) is 2. The predicted molar refractivity (Wildman–Crippen MR) is 120 cm³/mol. The van der Waals surface area contributed by atoms with Crippen molar-refractivity contribution in [1.82, 2.24) is 0 Å². The number of amides is 2. The highest BCUT2D eigenvalue weighted by Crippen LogP contribution is 2.28. The summed E-state index contributed by atoms with van der Waals surface area (Å²) in [4.78, 5) is 36.8. The Morgan fingerprint density at radius 1 is 1.00 bits per heavy atom. The third-order valence-electron chi connectivity index (χ3n) is 5.04. The minimum Gasteiger partial charge on any atom is -0.457 e. The summed E-state index contributed by atoms with van der Waals surface area (Å²) in [7, 11) is 0. The number of carbonyl (C=O) groups is 2. The molecule has 1 aliphatic rings. The zero-order valence-corrected chi connectivity index (χ0v) is 17.5. The molecule has 0 unspecified atom stereocenters. The maximum Gasteiger partial charge on any atom is 0.269 e. The van der Waals surface area contributed by atoms with Crippen molar-refractivity contribution in [3.63, 3.8) is 0 Å². The predicted octanol–water partition coefficient (Wildman–Crippen LogP) is 5.03. The van der Waals surface area contributed by atoms with Gasteiger partial charge in [-0.25, -0.2) is 0 Å². The van der Waals surface area contributed by atoms with Crippen molar-refractivity contribution in [1.29, 1.82) is 0 Å². The first-order valence-electron chi connectivity index (χ1n) is 9.78. The average molecular weight is 452 g/mol. The lowest BCUT2D eigenvalue weighted by molar-refractivity contribution is -0.384. The van der Waals surface area contributed by atoms with E-state index in [1.54, 1.807) is 48.5 Å². The smallest absolute Gasteiger partial charge is 0.269 e. The number of benzene rings is 3. The normalized spacial score (nSPS) is 15.5. The molecule has 1 saturated heterocycles. The topological polar surface area (TPSA) is 102 Å². The van der Waals surface area contributed by atoms with Crippen LogP contribution in [0.5, 0.6) is 11.5 Å². The van der Waals surface area contributed by atoms with Crippen LogP contribution in [0.25, 0.3) is 0 Å². The fraction of sp³-hybridized carbons (Fsp3) is 0.130. The van der Waals surface area contributed by atoms with Crippen molar-refractivity contribution >= 4 is 40.5 Å². The number of anilines is 2. The van der Waals surface area contributed by atoms with Crippen molar-refractivity contribution in [3.05, 3.63) is 87.9 Å². The van der Waals surface area contributed by atoms with Gasteiger partial charge in [-0.3, -0.25) is 19.7 Å². The molecular formula is C23H18ClN3O5. The van der Waals surface area contributed by atoms with E-state index in [1.165, 1.54) is 29.2 Å². The summed E-state index contributed by atoms with van der Waals surface area (Å²) < 4.78 is 5.73. The van der Waals surface area contributed by atoms with Crippen LogP contribution < -0.4 is 15.0 Å². The molecule has 4 rings (SSSR count). The summed E-state index contributed by atoms with van der Waals surface area (Å²) in [5, 5.41) is 14.2. The molecule has 1 aliphatic heterocycles. The maximum atomic E-state index is 12.7. The number of hydrogen-bond donors (Lipinski definition) is 1. The Morgan fingerprint density at radius 3 is 2.19 bits per heavy atom. The van der Waals surface area contributed by atoms with Crippen LogP contribution >= 0.6 is 11.6 Å². The fourth-order valence-electron chi connectivity index (χ4n) is 3.38. The molecule has 9 heteroatoms. The maximum absolute atomic E-state index is 12.7. The van der Waals surface area contributed by atoms with Gasteiger partial charge >= 0.3 is 0 Å². The van der Waals surface area contributed by atoms with E-state index in [9.17, 15) is 19.7 Å². The van der Waals surface area contributed by atoms with Crippen molar-refractivity contribution in [3.8, 4) is 11.5 Å². The van der Waals surface area contributed by atoms with E-state index < -0.39 is 10.8 Å². The van der Waals surface area contributed by atoms with Crippen molar-refractivity contribution in [2.24, 2.45) is 5.92 Å². The molecule has 1 fully saturated rings. The van der Waals surface area contributed by atoms with Gasteiger partial charge in [0.05, 0.1) is 10.8 Å². The van der Waals surface area contributed by atoms with E-state index in [-0.39, 0.29) is 30.5 Å². The Hall–Kier alpha value is -3.91. The standard InChI is InChI=1S/C23H18ClN3O5/c24-16-1-9-20(10-2-16)32-21-11-3-17(4-12-21)25-23(29)15-13-22(28)26(14-15)18-5-7-19(8-6-18)27(30)31/h1-12,15H,13-14H2,(H,25,29)/t15-/m0/s1. The van der Waals surface area contributed by atoms with E-state index in [0.717, 1.165) is 0 Å². The van der Waals surface area contributed by atoms with Crippen LogP contribution in [0.3, 0.4) is 0 Å². The molecule has 0 spiro atoms. The highest BCUT2D eigenvalue weighted by atomic mass is 35.5. The van der Waals surface area contributed by atoms with Gasteiger partial charge in [0, 0.05) is 41.5 Å². The second kappa shape index (κ2) is 9.07. The van der Waals surface area contributed by atoms with Crippen LogP contribution in [0.15, 0.2) is 72.8 Å². The largest absolute Gasteiger partial charge is 0.457 e. The van der Waals surface area contributed by atoms with E-state index in [0.29, 0.717) is 27.9 Å². The molecule has 0 saturated carbocycles. The van der Waals surface area contributed by atoms with Crippen LogP contribution in [0.4, 0.5) is 17.1 Å². The van der Waals surface area contributed by atoms with E-state index in [4.69, 9.17) is 16.3 Å². The Bertz CT molecular complexity index is 1150. The molecule has 32 heavy (non-hydrogen) atoms. The fourth-order valence-corrected chi connectivity index (χ4v) is 3.50. The molecule has 0 aliphatic carbocycles. The Labute approximate surface area is 188 Å². The molecule has 8 nitrogen and oxygen atoms in total. The molecule has 1 atom stereocenters. The third kappa shape index (κ3) is 4.87. The number of halogens is 1. The number of nitro benzene ring substituents is 1. The highest BCUT2D eigenvalue weighted by molar-refractivity contribution is 6.30. The van der Waals surface area contributed by atoms with E-state index >= 15 is 0 Å². The number of hydrogen-bond acceptors (Lipinski definition) is 5. The number of nitro groups is 1. The molecule has 0 bridgehead atoms.